The highest BCUT2D eigenvalue weighted by molar-refractivity contribution is 7.89. The quantitative estimate of drug-likeness (QED) is 0.883. The Balaban J connectivity index is 3.09. The highest BCUT2D eigenvalue weighted by Crippen LogP contribution is 2.18. The van der Waals surface area contributed by atoms with Crippen LogP contribution >= 0.6 is 0 Å². The highest BCUT2D eigenvalue weighted by atomic mass is 32.2. The van der Waals surface area contributed by atoms with Crippen LogP contribution in [-0.2, 0) is 10.0 Å². The molecular weight excluding hydrogens is 287 g/mol. The van der Waals surface area contributed by atoms with Crippen LogP contribution in [0.2, 0.25) is 0 Å². The van der Waals surface area contributed by atoms with E-state index in [2.05, 4.69) is 0 Å². The first-order valence-corrected chi connectivity index (χ1v) is 6.41. The van der Waals surface area contributed by atoms with Gasteiger partial charge < -0.3 is 5.11 Å². The van der Waals surface area contributed by atoms with Crippen molar-refractivity contribution < 1.29 is 31.5 Å². The minimum absolute atomic E-state index is 0.283. The van der Waals surface area contributed by atoms with Crippen molar-refractivity contribution in [1.82, 2.24) is 4.72 Å². The van der Waals surface area contributed by atoms with Crippen LogP contribution in [0, 0.1) is 6.92 Å². The summed E-state index contributed by atoms with van der Waals surface area (Å²) in [4.78, 5) is 10.3. The smallest absolute Gasteiger partial charge is 0.402 e. The molecule has 0 bridgehead atoms. The fourth-order valence-corrected chi connectivity index (χ4v) is 2.30. The largest absolute Gasteiger partial charge is 0.478 e. The Hall–Kier alpha value is -1.61. The molecule has 0 aromatic heterocycles. The van der Waals surface area contributed by atoms with Crippen LogP contribution in [0.3, 0.4) is 0 Å². The Labute approximate surface area is 107 Å². The number of hydrogen-bond acceptors (Lipinski definition) is 3. The van der Waals surface area contributed by atoms with Gasteiger partial charge in [0.15, 0.2) is 0 Å². The average molecular weight is 297 g/mol. The van der Waals surface area contributed by atoms with E-state index in [1.54, 1.807) is 0 Å². The lowest BCUT2D eigenvalue weighted by Crippen LogP contribution is -2.33. The maximum absolute atomic E-state index is 12.0. The van der Waals surface area contributed by atoms with Gasteiger partial charge in [0.05, 0.1) is 10.5 Å². The van der Waals surface area contributed by atoms with E-state index in [1.165, 1.54) is 17.7 Å². The van der Waals surface area contributed by atoms with E-state index >= 15 is 0 Å². The molecule has 1 rings (SSSR count). The van der Waals surface area contributed by atoms with E-state index in [0.29, 0.717) is 5.56 Å². The fourth-order valence-electron chi connectivity index (χ4n) is 1.26. The topological polar surface area (TPSA) is 83.5 Å². The molecule has 0 amide bonds. The predicted molar refractivity (Wildman–Crippen MR) is 59.4 cm³/mol. The molecule has 106 valence electrons. The SMILES string of the molecule is Cc1ccc(S(=O)(=O)NCC(F)(F)F)cc1C(=O)O. The van der Waals surface area contributed by atoms with Crippen molar-refractivity contribution >= 4 is 16.0 Å². The first-order valence-electron chi connectivity index (χ1n) is 4.93. The van der Waals surface area contributed by atoms with Crippen molar-refractivity contribution in [3.05, 3.63) is 29.3 Å². The predicted octanol–water partition coefficient (Wildman–Crippen LogP) is 1.53. The molecular formula is C10H10F3NO4S. The van der Waals surface area contributed by atoms with Crippen molar-refractivity contribution in [3.63, 3.8) is 0 Å². The lowest BCUT2D eigenvalue weighted by atomic mass is 10.1. The average Bonchev–Trinajstić information content (AvgIpc) is 2.25. The third-order valence-electron chi connectivity index (χ3n) is 2.21. The Morgan fingerprint density at radius 2 is 1.95 bits per heavy atom. The van der Waals surface area contributed by atoms with E-state index in [-0.39, 0.29) is 5.56 Å². The molecule has 0 fully saturated rings. The minimum Gasteiger partial charge on any atom is -0.478 e. The second-order valence-corrected chi connectivity index (χ2v) is 5.49. The molecule has 0 aliphatic heterocycles. The normalized spacial score (nSPS) is 12.4. The summed E-state index contributed by atoms with van der Waals surface area (Å²) in [5, 5.41) is 8.82. The van der Waals surface area contributed by atoms with Gasteiger partial charge in [0.1, 0.15) is 6.54 Å². The molecule has 1 aromatic rings. The molecule has 0 aliphatic carbocycles. The zero-order valence-electron chi connectivity index (χ0n) is 9.65. The van der Waals surface area contributed by atoms with Crippen LogP contribution in [0.25, 0.3) is 0 Å². The summed E-state index contributed by atoms with van der Waals surface area (Å²) in [6.45, 7) is -0.269. The molecule has 1 aromatic carbocycles. The van der Waals surface area contributed by atoms with Crippen LogP contribution in [0.1, 0.15) is 15.9 Å². The number of halogens is 3. The van der Waals surface area contributed by atoms with Crippen molar-refractivity contribution in [2.75, 3.05) is 6.54 Å². The van der Waals surface area contributed by atoms with Crippen molar-refractivity contribution in [1.29, 1.82) is 0 Å². The van der Waals surface area contributed by atoms with E-state index in [4.69, 9.17) is 5.11 Å². The zero-order valence-corrected chi connectivity index (χ0v) is 10.5. The van der Waals surface area contributed by atoms with Crippen LogP contribution in [0.4, 0.5) is 13.2 Å². The number of benzene rings is 1. The summed E-state index contributed by atoms with van der Waals surface area (Å²) in [6, 6.07) is 3.07. The summed E-state index contributed by atoms with van der Waals surface area (Å²) in [5.41, 5.74) is 0.0251. The van der Waals surface area contributed by atoms with E-state index in [0.717, 1.165) is 12.1 Å². The number of alkyl halides is 3. The first kappa shape index (κ1) is 15.4. The van der Waals surface area contributed by atoms with Crippen molar-refractivity contribution in [2.45, 2.75) is 18.0 Å². The van der Waals surface area contributed by atoms with Crippen LogP contribution in [0.5, 0.6) is 0 Å². The molecule has 0 radical (unpaired) electrons. The summed E-state index contributed by atoms with van der Waals surface area (Å²) >= 11 is 0. The van der Waals surface area contributed by atoms with Gasteiger partial charge in [-0.25, -0.2) is 17.9 Å². The van der Waals surface area contributed by atoms with Gasteiger partial charge >= 0.3 is 12.1 Å². The third kappa shape index (κ3) is 4.21. The van der Waals surface area contributed by atoms with Crippen molar-refractivity contribution in [3.8, 4) is 0 Å². The molecule has 0 heterocycles. The number of carbonyl (C=O) groups is 1. The molecule has 0 unspecified atom stereocenters. The molecule has 0 saturated heterocycles. The minimum atomic E-state index is -4.69. The molecule has 0 saturated carbocycles. The number of nitrogens with one attached hydrogen (secondary N) is 1. The summed E-state index contributed by atoms with van der Waals surface area (Å²) in [6.07, 6.45) is -4.69. The van der Waals surface area contributed by atoms with E-state index in [9.17, 15) is 26.4 Å². The fraction of sp³-hybridized carbons (Fsp3) is 0.300. The lowest BCUT2D eigenvalue weighted by molar-refractivity contribution is -0.121. The lowest BCUT2D eigenvalue weighted by Gasteiger charge is -2.10. The number of aromatic carboxylic acids is 1. The number of hydrogen-bond donors (Lipinski definition) is 2. The maximum Gasteiger partial charge on any atom is 0.402 e. The highest BCUT2D eigenvalue weighted by Gasteiger charge is 2.30. The maximum atomic E-state index is 12.0. The number of sulfonamides is 1. The van der Waals surface area contributed by atoms with Gasteiger partial charge in [-0.3, -0.25) is 0 Å². The standard InChI is InChI=1S/C10H10F3NO4S/c1-6-2-3-7(4-8(6)9(15)16)19(17,18)14-5-10(11,12)13/h2-4,14H,5H2,1H3,(H,15,16). The van der Waals surface area contributed by atoms with Crippen LogP contribution in [0.15, 0.2) is 23.1 Å². The number of carboxylic acid groups (broad SMARTS) is 1. The Morgan fingerprint density at radius 3 is 2.42 bits per heavy atom. The second-order valence-electron chi connectivity index (χ2n) is 3.72. The van der Waals surface area contributed by atoms with Gasteiger partial charge in [0, 0.05) is 0 Å². The van der Waals surface area contributed by atoms with Crippen molar-refractivity contribution in [2.24, 2.45) is 0 Å². The van der Waals surface area contributed by atoms with Crippen LogP contribution in [-0.4, -0.2) is 32.2 Å². The number of carboxylic acids is 1. The van der Waals surface area contributed by atoms with Gasteiger partial charge in [-0.1, -0.05) is 6.07 Å². The molecule has 9 heteroatoms. The van der Waals surface area contributed by atoms with Crippen LogP contribution < -0.4 is 4.72 Å². The molecule has 0 spiro atoms. The molecule has 19 heavy (non-hydrogen) atoms. The first-order chi connectivity index (χ1) is 8.53. The monoisotopic (exact) mass is 297 g/mol. The van der Waals surface area contributed by atoms with Gasteiger partial charge in [-0.15, -0.1) is 0 Å². The number of aryl methyl sites for hydroxylation is 1. The summed E-state index contributed by atoms with van der Waals surface area (Å²) < 4.78 is 60.3. The zero-order chi connectivity index (χ0) is 14.8. The third-order valence-corrected chi connectivity index (χ3v) is 3.61. The Morgan fingerprint density at radius 1 is 1.37 bits per heavy atom. The van der Waals surface area contributed by atoms with Gasteiger partial charge in [-0.2, -0.15) is 13.2 Å². The molecule has 0 aliphatic rings. The summed E-state index contributed by atoms with van der Waals surface area (Å²) in [5.74, 6) is -1.36. The Kier molecular flexibility index (Phi) is 4.21. The molecule has 0 atom stereocenters. The molecule has 2 N–H and O–H groups in total. The van der Waals surface area contributed by atoms with E-state index in [1.807, 2.05) is 0 Å². The van der Waals surface area contributed by atoms with Gasteiger partial charge in [-0.05, 0) is 24.6 Å². The van der Waals surface area contributed by atoms with Gasteiger partial charge in [0.2, 0.25) is 10.0 Å². The van der Waals surface area contributed by atoms with Gasteiger partial charge in [0.25, 0.3) is 0 Å². The Bertz CT molecular complexity index is 595. The molecule has 5 nitrogen and oxygen atoms in total. The number of rotatable bonds is 4. The van der Waals surface area contributed by atoms with E-state index < -0.39 is 33.6 Å². The summed E-state index contributed by atoms with van der Waals surface area (Å²) in [7, 11) is -4.40. The second kappa shape index (κ2) is 5.17.